The van der Waals surface area contributed by atoms with Crippen LogP contribution in [0.2, 0.25) is 0 Å². The molecule has 4 aromatic heterocycles. The van der Waals surface area contributed by atoms with Gasteiger partial charge in [0.05, 0.1) is 22.9 Å². The molecule has 12 aromatic rings. The molecule has 67 heavy (non-hydrogen) atoms. The molecule has 0 saturated heterocycles. The Labute approximate surface area is 388 Å². The van der Waals surface area contributed by atoms with E-state index in [-0.39, 0.29) is 5.92 Å². The van der Waals surface area contributed by atoms with Gasteiger partial charge in [0.2, 0.25) is 0 Å². The van der Waals surface area contributed by atoms with Gasteiger partial charge in [0.25, 0.3) is 0 Å². The van der Waals surface area contributed by atoms with Crippen molar-refractivity contribution in [3.8, 4) is 39.9 Å². The number of para-hydroxylation sites is 1. The lowest BCUT2D eigenvalue weighted by Gasteiger charge is -2.25. The van der Waals surface area contributed by atoms with Crippen LogP contribution in [0.4, 0.5) is 17.1 Å². The maximum Gasteiger partial charge on any atom is 0.164 e. The van der Waals surface area contributed by atoms with Crippen LogP contribution in [0, 0.1) is 0 Å². The van der Waals surface area contributed by atoms with Gasteiger partial charge in [0.1, 0.15) is 0 Å². The standard InChI is InChI=1S/C60H41N7/c1-5-18-41(19-6-1)56(45-25-16-34-61-39-45)53-38-54-52-37-48(66(46-26-11-4-12-27-46)49-29-17-35-62-40-49)32-33-55(52)67(57(54)51-31-14-13-30-50(51)53)47-28-15-24-44(36-47)60-64-58(42-20-7-2-8-21-42)63-59(65-60)43-22-9-3-10-23-43/h1-40,56H. The van der Waals surface area contributed by atoms with Crippen LogP contribution < -0.4 is 4.90 Å². The first-order valence-electron chi connectivity index (χ1n) is 22.4. The Morgan fingerprint density at radius 3 is 1.60 bits per heavy atom. The van der Waals surface area contributed by atoms with Crippen molar-refractivity contribution in [3.05, 3.63) is 260 Å². The Morgan fingerprint density at radius 1 is 0.373 bits per heavy atom. The monoisotopic (exact) mass is 859 g/mol. The van der Waals surface area contributed by atoms with Gasteiger partial charge in [-0.2, -0.15) is 0 Å². The normalized spacial score (nSPS) is 11.8. The van der Waals surface area contributed by atoms with Crippen molar-refractivity contribution in [2.24, 2.45) is 0 Å². The fraction of sp³-hybridized carbons (Fsp3) is 0.0167. The van der Waals surface area contributed by atoms with E-state index in [2.05, 4.69) is 165 Å². The average Bonchev–Trinajstić information content (AvgIpc) is 3.74. The Bertz CT molecular complexity index is 3540. The van der Waals surface area contributed by atoms with Gasteiger partial charge < -0.3 is 9.47 Å². The average molecular weight is 860 g/mol. The summed E-state index contributed by atoms with van der Waals surface area (Å²) in [6.07, 6.45) is 7.59. The molecule has 0 fully saturated rings. The molecule has 1 unspecified atom stereocenters. The quantitative estimate of drug-likeness (QED) is 0.136. The second kappa shape index (κ2) is 17.1. The number of nitrogens with zero attached hydrogens (tertiary/aromatic N) is 7. The summed E-state index contributed by atoms with van der Waals surface area (Å²) in [4.78, 5) is 26.7. The zero-order valence-corrected chi connectivity index (χ0v) is 36.3. The molecule has 0 saturated carbocycles. The molecule has 0 aliphatic carbocycles. The molecule has 0 bridgehead atoms. The Hall–Kier alpha value is -9.07. The Morgan fingerprint density at radius 2 is 0.940 bits per heavy atom. The van der Waals surface area contributed by atoms with Crippen LogP contribution in [0.3, 0.4) is 0 Å². The highest BCUT2D eigenvalue weighted by molar-refractivity contribution is 6.20. The molecule has 7 heteroatoms. The smallest absolute Gasteiger partial charge is 0.164 e. The molecule has 0 aliphatic rings. The summed E-state index contributed by atoms with van der Waals surface area (Å²) in [5.41, 5.74) is 12.5. The summed E-state index contributed by atoms with van der Waals surface area (Å²) in [7, 11) is 0. The third-order valence-corrected chi connectivity index (χ3v) is 12.5. The van der Waals surface area contributed by atoms with Crippen molar-refractivity contribution >= 4 is 49.6 Å². The highest BCUT2D eigenvalue weighted by Crippen LogP contribution is 2.45. The van der Waals surface area contributed by atoms with Crippen molar-refractivity contribution in [3.63, 3.8) is 0 Å². The van der Waals surface area contributed by atoms with E-state index in [0.717, 1.165) is 72.2 Å². The Kier molecular flexibility index (Phi) is 10.1. The lowest BCUT2D eigenvalue weighted by Crippen LogP contribution is -2.09. The summed E-state index contributed by atoms with van der Waals surface area (Å²) in [5, 5.41) is 4.57. The maximum atomic E-state index is 5.13. The van der Waals surface area contributed by atoms with E-state index in [0.29, 0.717) is 17.5 Å². The molecule has 0 aliphatic heterocycles. The van der Waals surface area contributed by atoms with Crippen LogP contribution >= 0.6 is 0 Å². The van der Waals surface area contributed by atoms with E-state index >= 15 is 0 Å². The van der Waals surface area contributed by atoms with Gasteiger partial charge >= 0.3 is 0 Å². The maximum absolute atomic E-state index is 5.13. The lowest BCUT2D eigenvalue weighted by molar-refractivity contribution is 0.976. The molecule has 0 spiro atoms. The van der Waals surface area contributed by atoms with Crippen LogP contribution in [0.15, 0.2) is 243 Å². The predicted molar refractivity (Wildman–Crippen MR) is 272 cm³/mol. The first-order chi connectivity index (χ1) is 33.2. The van der Waals surface area contributed by atoms with Crippen molar-refractivity contribution in [1.82, 2.24) is 29.5 Å². The second-order valence-corrected chi connectivity index (χ2v) is 16.5. The molecular weight excluding hydrogens is 819 g/mol. The van der Waals surface area contributed by atoms with Gasteiger partial charge in [-0.15, -0.1) is 0 Å². The van der Waals surface area contributed by atoms with Gasteiger partial charge in [-0.05, 0) is 88.8 Å². The number of benzene rings is 8. The van der Waals surface area contributed by atoms with E-state index in [1.807, 2.05) is 97.6 Å². The van der Waals surface area contributed by atoms with Crippen molar-refractivity contribution in [1.29, 1.82) is 0 Å². The molecular formula is C60H41N7. The number of hydrogen-bond acceptors (Lipinski definition) is 6. The molecule has 0 radical (unpaired) electrons. The number of hydrogen-bond donors (Lipinski definition) is 0. The zero-order valence-electron chi connectivity index (χ0n) is 36.3. The van der Waals surface area contributed by atoms with Crippen molar-refractivity contribution in [2.45, 2.75) is 5.92 Å². The second-order valence-electron chi connectivity index (χ2n) is 16.5. The minimum atomic E-state index is -0.0771. The van der Waals surface area contributed by atoms with Crippen LogP contribution in [-0.4, -0.2) is 29.5 Å². The lowest BCUT2D eigenvalue weighted by atomic mass is 9.82. The third kappa shape index (κ3) is 7.34. The number of aromatic nitrogens is 6. The summed E-state index contributed by atoms with van der Waals surface area (Å²) < 4.78 is 2.42. The van der Waals surface area contributed by atoms with E-state index < -0.39 is 0 Å². The van der Waals surface area contributed by atoms with Crippen LogP contribution in [0.25, 0.3) is 72.4 Å². The number of fused-ring (bicyclic) bond motifs is 5. The van der Waals surface area contributed by atoms with Crippen molar-refractivity contribution in [2.75, 3.05) is 4.90 Å². The largest absolute Gasteiger partial charge is 0.309 e. The molecule has 4 heterocycles. The SMILES string of the molecule is c1ccc(-c2nc(-c3ccccc3)nc(-c3cccc(-n4c5ccc(N(c6ccccc6)c6cccnc6)cc5c5cc(C(c6ccccc6)c6cccnc6)c6ccccc6c54)c3)n2)cc1. The topological polar surface area (TPSA) is 72.6 Å². The van der Waals surface area contributed by atoms with Gasteiger partial charge in [0.15, 0.2) is 17.5 Å². The Balaban J connectivity index is 1.14. The summed E-state index contributed by atoms with van der Waals surface area (Å²) >= 11 is 0. The number of rotatable bonds is 10. The molecule has 1 atom stereocenters. The molecule has 8 aromatic carbocycles. The van der Waals surface area contributed by atoms with E-state index in [9.17, 15) is 0 Å². The van der Waals surface area contributed by atoms with Gasteiger partial charge in [-0.3, -0.25) is 9.97 Å². The number of pyridine rings is 2. The summed E-state index contributed by atoms with van der Waals surface area (Å²) in [6.45, 7) is 0. The molecule has 0 amide bonds. The van der Waals surface area contributed by atoms with Crippen LogP contribution in [-0.2, 0) is 0 Å². The summed E-state index contributed by atoms with van der Waals surface area (Å²) in [6, 6.07) is 76.5. The third-order valence-electron chi connectivity index (χ3n) is 12.5. The van der Waals surface area contributed by atoms with Crippen LogP contribution in [0.5, 0.6) is 0 Å². The minimum Gasteiger partial charge on any atom is -0.309 e. The summed E-state index contributed by atoms with van der Waals surface area (Å²) in [5.74, 6) is 1.76. The van der Waals surface area contributed by atoms with E-state index in [1.165, 1.54) is 16.5 Å². The molecule has 316 valence electrons. The fourth-order valence-corrected chi connectivity index (χ4v) is 9.51. The zero-order chi connectivity index (χ0) is 44.5. The van der Waals surface area contributed by atoms with Gasteiger partial charge in [-0.25, -0.2) is 15.0 Å². The van der Waals surface area contributed by atoms with Gasteiger partial charge in [0, 0.05) is 74.4 Å². The molecule has 0 N–H and O–H groups in total. The van der Waals surface area contributed by atoms with E-state index in [1.54, 1.807) is 0 Å². The van der Waals surface area contributed by atoms with Crippen molar-refractivity contribution < 1.29 is 0 Å². The van der Waals surface area contributed by atoms with Gasteiger partial charge in [-0.1, -0.05) is 152 Å². The molecule has 12 rings (SSSR count). The highest BCUT2D eigenvalue weighted by Gasteiger charge is 2.25. The highest BCUT2D eigenvalue weighted by atomic mass is 15.1. The minimum absolute atomic E-state index is 0.0771. The van der Waals surface area contributed by atoms with Crippen LogP contribution in [0.1, 0.15) is 22.6 Å². The van der Waals surface area contributed by atoms with E-state index in [4.69, 9.17) is 15.0 Å². The fourth-order valence-electron chi connectivity index (χ4n) is 9.51. The first-order valence-corrected chi connectivity index (χ1v) is 22.4. The predicted octanol–water partition coefficient (Wildman–Crippen LogP) is 14.6. The number of anilines is 3. The first kappa shape index (κ1) is 39.5. The molecule has 7 nitrogen and oxygen atoms in total.